The van der Waals surface area contributed by atoms with Crippen LogP contribution in [0.15, 0.2) is 12.1 Å². The molecule has 0 aliphatic heterocycles. The minimum atomic E-state index is -3.29. The van der Waals surface area contributed by atoms with E-state index in [0.717, 1.165) is 37.7 Å². The van der Waals surface area contributed by atoms with Crippen molar-refractivity contribution >= 4 is 54.6 Å². The minimum absolute atomic E-state index is 0.0753. The van der Waals surface area contributed by atoms with E-state index >= 15 is 0 Å². The molecule has 0 heterocycles. The summed E-state index contributed by atoms with van der Waals surface area (Å²) in [4.78, 5) is 47.1. The Labute approximate surface area is 223 Å². The number of rotatable bonds is 18. The fraction of sp³-hybridized carbons (Fsp3) is 0.619. The number of nitro benzene ring substituents is 2. The number of amides is 2. The summed E-state index contributed by atoms with van der Waals surface area (Å²) in [5.41, 5.74) is -0.0150. The van der Waals surface area contributed by atoms with Gasteiger partial charge in [-0.3, -0.25) is 35.0 Å². The number of sulfone groups is 1. The highest BCUT2D eigenvalue weighted by Gasteiger charge is 2.30. The van der Waals surface area contributed by atoms with Crippen molar-refractivity contribution < 1.29 is 33.1 Å². The molecule has 37 heavy (non-hydrogen) atoms. The number of unbranched alkanes of at least 4 members (excludes halogenated alkanes) is 4. The van der Waals surface area contributed by atoms with Crippen LogP contribution in [-0.4, -0.2) is 72.3 Å². The second-order valence-corrected chi connectivity index (χ2v) is 11.4. The summed E-state index contributed by atoms with van der Waals surface area (Å²) < 4.78 is 23.1. The molecule has 0 bridgehead atoms. The third-order valence-corrected chi connectivity index (χ3v) is 6.72. The molecular formula is C21H32BrN5O9S. The maximum Gasteiger partial charge on any atom is 0.300 e. The normalized spacial score (nSPS) is 11.1. The average molecular weight is 610 g/mol. The molecule has 0 radical (unpaired) electrons. The van der Waals surface area contributed by atoms with Crippen LogP contribution in [-0.2, 0) is 14.6 Å². The van der Waals surface area contributed by atoms with Gasteiger partial charge in [-0.15, -0.1) is 0 Å². The van der Waals surface area contributed by atoms with Gasteiger partial charge in [0.2, 0.25) is 5.91 Å². The fourth-order valence-electron chi connectivity index (χ4n) is 3.60. The van der Waals surface area contributed by atoms with Crippen molar-refractivity contribution in [1.82, 2.24) is 10.8 Å². The highest BCUT2D eigenvalue weighted by atomic mass is 79.9. The molecule has 208 valence electrons. The highest BCUT2D eigenvalue weighted by Crippen LogP contribution is 2.36. The number of carbonyl (C=O) groups excluding carboxylic acids is 2. The number of hydroxylamine groups is 1. The van der Waals surface area contributed by atoms with Crippen molar-refractivity contribution in [2.45, 2.75) is 44.9 Å². The minimum Gasteiger partial charge on any atom is -0.364 e. The number of anilines is 1. The summed E-state index contributed by atoms with van der Waals surface area (Å²) in [6.07, 6.45) is 4.84. The molecule has 0 atom stereocenters. The summed E-state index contributed by atoms with van der Waals surface area (Å²) in [5.74, 6) is -1.35. The summed E-state index contributed by atoms with van der Waals surface area (Å²) in [6, 6.07) is 1.78. The number of benzene rings is 1. The van der Waals surface area contributed by atoms with Gasteiger partial charge in [-0.25, -0.2) is 13.9 Å². The van der Waals surface area contributed by atoms with E-state index in [1.807, 2.05) is 0 Å². The van der Waals surface area contributed by atoms with Crippen LogP contribution < -0.4 is 15.7 Å². The van der Waals surface area contributed by atoms with Crippen LogP contribution in [0.1, 0.15) is 55.3 Å². The maximum atomic E-state index is 13.0. The van der Waals surface area contributed by atoms with Crippen molar-refractivity contribution in [3.8, 4) is 0 Å². The molecule has 1 aromatic carbocycles. The van der Waals surface area contributed by atoms with Crippen molar-refractivity contribution in [3.63, 3.8) is 0 Å². The summed E-state index contributed by atoms with van der Waals surface area (Å²) in [6.45, 7) is 0.487. The first-order valence-electron chi connectivity index (χ1n) is 11.6. The Morgan fingerprint density at radius 2 is 1.68 bits per heavy atom. The third kappa shape index (κ3) is 11.8. The monoisotopic (exact) mass is 609 g/mol. The van der Waals surface area contributed by atoms with Crippen LogP contribution in [0.25, 0.3) is 0 Å². The van der Waals surface area contributed by atoms with Gasteiger partial charge in [-0.1, -0.05) is 35.2 Å². The van der Waals surface area contributed by atoms with E-state index < -0.39 is 42.9 Å². The molecule has 0 spiro atoms. The lowest BCUT2D eigenvalue weighted by atomic mass is 10.1. The predicted molar refractivity (Wildman–Crippen MR) is 140 cm³/mol. The molecule has 16 heteroatoms. The van der Waals surface area contributed by atoms with E-state index in [-0.39, 0.29) is 49.5 Å². The lowest BCUT2D eigenvalue weighted by molar-refractivity contribution is -0.393. The van der Waals surface area contributed by atoms with Gasteiger partial charge in [0, 0.05) is 43.7 Å². The van der Waals surface area contributed by atoms with Crippen LogP contribution in [0.4, 0.5) is 17.1 Å². The predicted octanol–water partition coefficient (Wildman–Crippen LogP) is 2.71. The van der Waals surface area contributed by atoms with Crippen molar-refractivity contribution in [3.05, 3.63) is 37.9 Å². The Bertz CT molecular complexity index is 1070. The number of hydrogen-bond acceptors (Lipinski definition) is 10. The number of alkyl halides is 1. The molecule has 0 aliphatic carbocycles. The molecule has 3 N–H and O–H groups in total. The summed E-state index contributed by atoms with van der Waals surface area (Å²) in [7, 11) is -3.29. The molecule has 0 aliphatic rings. The first-order valence-corrected chi connectivity index (χ1v) is 14.8. The van der Waals surface area contributed by atoms with Gasteiger partial charge in [-0.05, 0) is 19.3 Å². The molecule has 14 nitrogen and oxygen atoms in total. The second kappa shape index (κ2) is 16.1. The van der Waals surface area contributed by atoms with Crippen LogP contribution in [0.3, 0.4) is 0 Å². The van der Waals surface area contributed by atoms with Gasteiger partial charge >= 0.3 is 0 Å². The number of non-ortho nitro benzene ring substituents is 1. The standard InChI is InChI=1S/C21H32BrN5O9S/c1-37(35,36)13-7-11-25(12-9-22)20-17(14-16(26(31)32)15-18(20)27(33)34)21(29)23-10-6-4-2-3-5-8-19(28)24-30/h14-15,30H,2-13H2,1H3,(H,23,29)(H,24,28). The number of nitrogens with one attached hydrogen (secondary N) is 2. The van der Waals surface area contributed by atoms with E-state index in [2.05, 4.69) is 21.2 Å². The Balaban J connectivity index is 3.07. The molecule has 0 saturated heterocycles. The Hall–Kier alpha value is -2.85. The fourth-order valence-corrected chi connectivity index (χ4v) is 4.68. The molecule has 0 aromatic heterocycles. The third-order valence-electron chi connectivity index (χ3n) is 5.33. The first-order chi connectivity index (χ1) is 17.4. The Kier molecular flexibility index (Phi) is 14.0. The van der Waals surface area contributed by atoms with E-state index in [1.54, 1.807) is 5.48 Å². The van der Waals surface area contributed by atoms with Crippen LogP contribution in [0, 0.1) is 20.2 Å². The number of hydrogen-bond donors (Lipinski definition) is 3. The van der Waals surface area contributed by atoms with Gasteiger partial charge in [0.1, 0.15) is 15.5 Å². The molecule has 1 rings (SSSR count). The Morgan fingerprint density at radius 1 is 1.03 bits per heavy atom. The zero-order valence-corrected chi connectivity index (χ0v) is 22.9. The number of nitro groups is 2. The Morgan fingerprint density at radius 3 is 2.24 bits per heavy atom. The van der Waals surface area contributed by atoms with E-state index in [1.165, 1.54) is 4.90 Å². The van der Waals surface area contributed by atoms with Gasteiger partial charge in [0.15, 0.2) is 0 Å². The van der Waals surface area contributed by atoms with E-state index in [0.29, 0.717) is 18.2 Å². The maximum absolute atomic E-state index is 13.0. The van der Waals surface area contributed by atoms with Gasteiger partial charge in [-0.2, -0.15) is 0 Å². The van der Waals surface area contributed by atoms with Crippen LogP contribution >= 0.6 is 15.9 Å². The quantitative estimate of drug-likeness (QED) is 0.0729. The van der Waals surface area contributed by atoms with Crippen molar-refractivity contribution in [2.24, 2.45) is 0 Å². The van der Waals surface area contributed by atoms with Gasteiger partial charge < -0.3 is 10.2 Å². The molecular weight excluding hydrogens is 578 g/mol. The first kappa shape index (κ1) is 32.2. The van der Waals surface area contributed by atoms with Crippen molar-refractivity contribution in [2.75, 3.05) is 41.9 Å². The van der Waals surface area contributed by atoms with Gasteiger partial charge in [0.05, 0.1) is 27.2 Å². The second-order valence-electron chi connectivity index (χ2n) is 8.34. The average Bonchev–Trinajstić information content (AvgIpc) is 2.83. The smallest absolute Gasteiger partial charge is 0.300 e. The van der Waals surface area contributed by atoms with Gasteiger partial charge in [0.25, 0.3) is 17.3 Å². The lowest BCUT2D eigenvalue weighted by Gasteiger charge is -2.25. The zero-order chi connectivity index (χ0) is 28.0. The highest BCUT2D eigenvalue weighted by molar-refractivity contribution is 9.09. The number of halogens is 1. The van der Waals surface area contributed by atoms with E-state index in [4.69, 9.17) is 5.21 Å². The molecule has 0 unspecified atom stereocenters. The largest absolute Gasteiger partial charge is 0.364 e. The van der Waals surface area contributed by atoms with Crippen molar-refractivity contribution in [1.29, 1.82) is 0 Å². The van der Waals surface area contributed by atoms with Crippen LogP contribution in [0.2, 0.25) is 0 Å². The number of nitrogens with zero attached hydrogens (tertiary/aromatic N) is 3. The summed E-state index contributed by atoms with van der Waals surface area (Å²) in [5, 5.41) is 34.7. The summed E-state index contributed by atoms with van der Waals surface area (Å²) >= 11 is 3.26. The zero-order valence-electron chi connectivity index (χ0n) is 20.5. The molecule has 1 aromatic rings. The molecule has 2 amide bonds. The lowest BCUT2D eigenvalue weighted by Crippen LogP contribution is -2.33. The SMILES string of the molecule is CS(=O)(=O)CCCN(CCBr)c1c(C(=O)NCCCCCCCC(=O)NO)cc([N+](=O)[O-])cc1[N+](=O)[O-]. The van der Waals surface area contributed by atoms with Crippen LogP contribution in [0.5, 0.6) is 0 Å². The topological polar surface area (TPSA) is 202 Å². The molecule has 0 saturated carbocycles. The number of carbonyl (C=O) groups is 2. The van der Waals surface area contributed by atoms with E-state index in [9.17, 15) is 38.2 Å². The molecule has 0 fully saturated rings.